The van der Waals surface area contributed by atoms with E-state index in [1.165, 1.54) is 32.1 Å². The molecule has 2 rings (SSSR count). The summed E-state index contributed by atoms with van der Waals surface area (Å²) in [5, 5.41) is 1.02. The summed E-state index contributed by atoms with van der Waals surface area (Å²) in [6, 6.07) is 0. The highest BCUT2D eigenvalue weighted by atomic mass is 32.2. The van der Waals surface area contributed by atoms with Gasteiger partial charge in [0.25, 0.3) is 0 Å². The Hall–Kier alpha value is 0.350. The molecule has 2 saturated heterocycles. The van der Waals surface area contributed by atoms with Crippen molar-refractivity contribution in [3.63, 3.8) is 0 Å². The van der Waals surface area contributed by atoms with E-state index in [2.05, 4.69) is 25.6 Å². The first-order chi connectivity index (χ1) is 5.21. The van der Waals surface area contributed by atoms with Crippen molar-refractivity contribution in [1.82, 2.24) is 0 Å². The highest BCUT2D eigenvalue weighted by Gasteiger charge is 2.40. The number of hydrogen-bond acceptors (Lipinski definition) is 1. The summed E-state index contributed by atoms with van der Waals surface area (Å²) in [4.78, 5) is 0. The highest BCUT2D eigenvalue weighted by Crippen LogP contribution is 2.52. The fraction of sp³-hybridized carbons (Fsp3) is 1.00. The Morgan fingerprint density at radius 2 is 2.09 bits per heavy atom. The summed E-state index contributed by atoms with van der Waals surface area (Å²) in [5.41, 5.74) is 0. The Bertz CT molecular complexity index is 155. The van der Waals surface area contributed by atoms with E-state index < -0.39 is 0 Å². The van der Waals surface area contributed by atoms with Gasteiger partial charge >= 0.3 is 0 Å². The van der Waals surface area contributed by atoms with Gasteiger partial charge in [-0.05, 0) is 31.6 Å². The molecular weight excluding hydrogens is 152 g/mol. The maximum atomic E-state index is 2.48. The molecule has 0 aromatic carbocycles. The largest absolute Gasteiger partial charge is 0.152 e. The van der Waals surface area contributed by atoms with Gasteiger partial charge in [-0.1, -0.05) is 20.3 Å². The van der Waals surface area contributed by atoms with Crippen molar-refractivity contribution in [2.75, 3.05) is 0 Å². The zero-order valence-electron chi connectivity index (χ0n) is 7.60. The SMILES string of the molecule is CC1CCC2CCCC1(C)S2. The summed E-state index contributed by atoms with van der Waals surface area (Å²) < 4.78 is 0.654. The van der Waals surface area contributed by atoms with Crippen LogP contribution in [0.25, 0.3) is 0 Å². The summed E-state index contributed by atoms with van der Waals surface area (Å²) in [6.45, 7) is 4.92. The molecule has 0 aromatic heterocycles. The predicted molar refractivity (Wildman–Crippen MR) is 52.0 cm³/mol. The molecule has 2 aliphatic heterocycles. The number of thioether (sulfide) groups is 1. The van der Waals surface area contributed by atoms with Crippen LogP contribution in [0, 0.1) is 5.92 Å². The summed E-state index contributed by atoms with van der Waals surface area (Å²) in [5.74, 6) is 0.962. The van der Waals surface area contributed by atoms with Gasteiger partial charge in [-0.15, -0.1) is 0 Å². The average molecular weight is 170 g/mol. The van der Waals surface area contributed by atoms with Crippen molar-refractivity contribution in [2.24, 2.45) is 5.92 Å². The molecule has 3 atom stereocenters. The first-order valence-corrected chi connectivity index (χ1v) is 5.76. The Morgan fingerprint density at radius 3 is 2.82 bits per heavy atom. The van der Waals surface area contributed by atoms with Gasteiger partial charge in [0, 0.05) is 10.00 Å². The van der Waals surface area contributed by atoms with Crippen LogP contribution in [0.5, 0.6) is 0 Å². The van der Waals surface area contributed by atoms with E-state index in [4.69, 9.17) is 0 Å². The van der Waals surface area contributed by atoms with Crippen molar-refractivity contribution < 1.29 is 0 Å². The molecule has 3 unspecified atom stereocenters. The zero-order valence-corrected chi connectivity index (χ0v) is 8.41. The maximum absolute atomic E-state index is 2.48. The molecule has 0 saturated carbocycles. The zero-order chi connectivity index (χ0) is 7.90. The van der Waals surface area contributed by atoms with Gasteiger partial charge in [0.05, 0.1) is 0 Å². The van der Waals surface area contributed by atoms with Crippen LogP contribution in [-0.2, 0) is 0 Å². The lowest BCUT2D eigenvalue weighted by atomic mass is 9.82. The van der Waals surface area contributed by atoms with Crippen LogP contribution in [0.15, 0.2) is 0 Å². The van der Waals surface area contributed by atoms with Crippen LogP contribution >= 0.6 is 11.8 Å². The van der Waals surface area contributed by atoms with Crippen molar-refractivity contribution in [1.29, 1.82) is 0 Å². The van der Waals surface area contributed by atoms with Crippen molar-refractivity contribution >= 4 is 11.8 Å². The predicted octanol–water partition coefficient (Wildman–Crippen LogP) is 3.46. The molecule has 0 nitrogen and oxygen atoms in total. The molecule has 2 aliphatic rings. The number of fused-ring (bicyclic) bond motifs is 2. The van der Waals surface area contributed by atoms with E-state index in [0.717, 1.165) is 11.2 Å². The van der Waals surface area contributed by atoms with Crippen LogP contribution in [0.1, 0.15) is 46.0 Å². The van der Waals surface area contributed by atoms with E-state index in [-0.39, 0.29) is 0 Å². The third kappa shape index (κ3) is 1.32. The van der Waals surface area contributed by atoms with Crippen molar-refractivity contribution in [3.8, 4) is 0 Å². The van der Waals surface area contributed by atoms with E-state index in [9.17, 15) is 0 Å². The fourth-order valence-electron chi connectivity index (χ4n) is 2.49. The lowest BCUT2D eigenvalue weighted by Gasteiger charge is -2.46. The normalized spacial score (nSPS) is 50.7. The monoisotopic (exact) mass is 170 g/mol. The summed E-state index contributed by atoms with van der Waals surface area (Å²) in [6.07, 6.45) is 7.41. The minimum absolute atomic E-state index is 0.654. The Kier molecular flexibility index (Phi) is 1.95. The van der Waals surface area contributed by atoms with E-state index in [0.29, 0.717) is 4.75 Å². The fourth-order valence-corrected chi connectivity index (χ4v) is 4.40. The van der Waals surface area contributed by atoms with E-state index >= 15 is 0 Å². The van der Waals surface area contributed by atoms with Crippen molar-refractivity contribution in [3.05, 3.63) is 0 Å². The van der Waals surface area contributed by atoms with Gasteiger partial charge in [-0.25, -0.2) is 0 Å². The highest BCUT2D eigenvalue weighted by molar-refractivity contribution is 8.01. The average Bonchev–Trinajstić information content (AvgIpc) is 1.98. The molecule has 0 aromatic rings. The molecule has 0 spiro atoms. The van der Waals surface area contributed by atoms with Gasteiger partial charge in [0.2, 0.25) is 0 Å². The molecule has 1 heteroatoms. The minimum Gasteiger partial charge on any atom is -0.152 e. The molecule has 0 amide bonds. The maximum Gasteiger partial charge on any atom is 0.0160 e. The minimum atomic E-state index is 0.654. The van der Waals surface area contributed by atoms with Gasteiger partial charge in [-0.2, -0.15) is 11.8 Å². The van der Waals surface area contributed by atoms with Crippen molar-refractivity contribution in [2.45, 2.75) is 55.9 Å². The van der Waals surface area contributed by atoms with Gasteiger partial charge in [0.1, 0.15) is 0 Å². The lowest BCUT2D eigenvalue weighted by molar-refractivity contribution is 0.313. The first kappa shape index (κ1) is 7.97. The third-order valence-corrected chi connectivity index (χ3v) is 5.55. The molecule has 0 radical (unpaired) electrons. The van der Waals surface area contributed by atoms with E-state index in [1.54, 1.807) is 0 Å². The quantitative estimate of drug-likeness (QED) is 0.536. The number of rotatable bonds is 0. The van der Waals surface area contributed by atoms with Gasteiger partial charge < -0.3 is 0 Å². The second kappa shape index (κ2) is 2.69. The Morgan fingerprint density at radius 1 is 1.27 bits per heavy atom. The van der Waals surface area contributed by atoms with Crippen LogP contribution in [-0.4, -0.2) is 10.00 Å². The van der Waals surface area contributed by atoms with Gasteiger partial charge in [0.15, 0.2) is 0 Å². The molecule has 11 heavy (non-hydrogen) atoms. The molecular formula is C10H18S. The molecule has 2 fully saturated rings. The summed E-state index contributed by atoms with van der Waals surface area (Å²) >= 11 is 2.28. The second-order valence-corrected chi connectivity index (χ2v) is 6.26. The molecule has 2 heterocycles. The Labute approximate surface area is 74.1 Å². The van der Waals surface area contributed by atoms with E-state index in [1.807, 2.05) is 0 Å². The van der Waals surface area contributed by atoms with Crippen LogP contribution in [0.2, 0.25) is 0 Å². The Balaban J connectivity index is 2.13. The molecule has 0 aliphatic carbocycles. The van der Waals surface area contributed by atoms with Crippen LogP contribution < -0.4 is 0 Å². The second-order valence-electron chi connectivity index (χ2n) is 4.42. The topological polar surface area (TPSA) is 0 Å². The molecule has 2 bridgehead atoms. The third-order valence-electron chi connectivity index (χ3n) is 3.60. The van der Waals surface area contributed by atoms with Gasteiger partial charge in [-0.3, -0.25) is 0 Å². The lowest BCUT2D eigenvalue weighted by Crippen LogP contribution is -2.39. The van der Waals surface area contributed by atoms with Crippen LogP contribution in [0.4, 0.5) is 0 Å². The first-order valence-electron chi connectivity index (χ1n) is 4.88. The smallest absolute Gasteiger partial charge is 0.0160 e. The molecule has 0 N–H and O–H groups in total. The number of hydrogen-bond donors (Lipinski definition) is 0. The summed E-state index contributed by atoms with van der Waals surface area (Å²) in [7, 11) is 0. The molecule has 64 valence electrons. The van der Waals surface area contributed by atoms with Crippen LogP contribution in [0.3, 0.4) is 0 Å². The standard InChI is InChI=1S/C10H18S/c1-8-5-6-9-4-3-7-10(8,2)11-9/h8-9H,3-7H2,1-2H3.